The van der Waals surface area contributed by atoms with E-state index >= 15 is 0 Å². The molecule has 0 saturated carbocycles. The highest BCUT2D eigenvalue weighted by molar-refractivity contribution is 7.15. The highest BCUT2D eigenvalue weighted by Gasteiger charge is 2.07. The second kappa shape index (κ2) is 5.36. The van der Waals surface area contributed by atoms with Crippen molar-refractivity contribution in [1.29, 1.82) is 0 Å². The van der Waals surface area contributed by atoms with E-state index < -0.39 is 0 Å². The SMILES string of the molecule is Cc1cnc(NC(=O)C=Cc2c(C)nn(C)c2C)s1. The number of carbonyl (C=O) groups excluding carboxylic acids is 1. The second-order valence-corrected chi connectivity index (χ2v) is 5.54. The van der Waals surface area contributed by atoms with E-state index in [1.165, 1.54) is 17.4 Å². The number of hydrogen-bond acceptors (Lipinski definition) is 4. The fourth-order valence-corrected chi connectivity index (χ4v) is 2.42. The van der Waals surface area contributed by atoms with Crippen LogP contribution in [0, 0.1) is 20.8 Å². The van der Waals surface area contributed by atoms with Crippen molar-refractivity contribution in [1.82, 2.24) is 14.8 Å². The number of anilines is 1. The molecule has 0 unspecified atom stereocenters. The number of rotatable bonds is 3. The molecule has 0 aliphatic heterocycles. The molecule has 5 nitrogen and oxygen atoms in total. The smallest absolute Gasteiger partial charge is 0.250 e. The first-order chi connectivity index (χ1) is 8.97. The van der Waals surface area contributed by atoms with Gasteiger partial charge in [-0.25, -0.2) is 4.98 Å². The van der Waals surface area contributed by atoms with Crippen LogP contribution in [0.2, 0.25) is 0 Å². The van der Waals surface area contributed by atoms with Crippen molar-refractivity contribution in [3.8, 4) is 0 Å². The third-order valence-electron chi connectivity index (χ3n) is 2.82. The van der Waals surface area contributed by atoms with Crippen molar-refractivity contribution in [2.24, 2.45) is 7.05 Å². The van der Waals surface area contributed by atoms with E-state index in [1.54, 1.807) is 17.0 Å². The van der Waals surface area contributed by atoms with E-state index in [0.717, 1.165) is 21.8 Å². The van der Waals surface area contributed by atoms with Crippen LogP contribution in [-0.4, -0.2) is 20.7 Å². The molecule has 0 bridgehead atoms. The van der Waals surface area contributed by atoms with Crippen LogP contribution in [-0.2, 0) is 11.8 Å². The Balaban J connectivity index is 2.08. The Morgan fingerprint density at radius 2 is 2.16 bits per heavy atom. The van der Waals surface area contributed by atoms with E-state index in [2.05, 4.69) is 15.4 Å². The summed E-state index contributed by atoms with van der Waals surface area (Å²) in [5.41, 5.74) is 2.92. The van der Waals surface area contributed by atoms with Crippen LogP contribution in [0.25, 0.3) is 6.08 Å². The van der Waals surface area contributed by atoms with Gasteiger partial charge in [-0.1, -0.05) is 0 Å². The highest BCUT2D eigenvalue weighted by Crippen LogP contribution is 2.17. The zero-order valence-corrected chi connectivity index (χ0v) is 12.2. The van der Waals surface area contributed by atoms with Crippen molar-refractivity contribution >= 4 is 28.5 Å². The van der Waals surface area contributed by atoms with Gasteiger partial charge in [-0.2, -0.15) is 5.10 Å². The molecule has 100 valence electrons. The molecule has 2 rings (SSSR count). The molecule has 0 aliphatic carbocycles. The summed E-state index contributed by atoms with van der Waals surface area (Å²) in [4.78, 5) is 16.9. The first-order valence-electron chi connectivity index (χ1n) is 5.89. The Kier molecular flexibility index (Phi) is 3.80. The fraction of sp³-hybridized carbons (Fsp3) is 0.308. The van der Waals surface area contributed by atoms with Crippen molar-refractivity contribution in [2.75, 3.05) is 5.32 Å². The Morgan fingerprint density at radius 3 is 2.68 bits per heavy atom. The monoisotopic (exact) mass is 276 g/mol. The number of thiazole rings is 1. The number of hydrogen-bond donors (Lipinski definition) is 1. The average Bonchev–Trinajstić information content (AvgIpc) is 2.83. The molecule has 2 heterocycles. The molecule has 2 aromatic rings. The third kappa shape index (κ3) is 3.08. The lowest BCUT2D eigenvalue weighted by Crippen LogP contribution is -2.07. The molecule has 2 aromatic heterocycles. The maximum atomic E-state index is 11.8. The summed E-state index contributed by atoms with van der Waals surface area (Å²) in [6.07, 6.45) is 5.03. The molecule has 6 heteroatoms. The molecule has 19 heavy (non-hydrogen) atoms. The van der Waals surface area contributed by atoms with Crippen molar-refractivity contribution in [3.63, 3.8) is 0 Å². The lowest BCUT2D eigenvalue weighted by atomic mass is 10.2. The van der Waals surface area contributed by atoms with Gasteiger partial charge in [-0.15, -0.1) is 11.3 Å². The van der Waals surface area contributed by atoms with Crippen molar-refractivity contribution in [3.05, 3.63) is 34.1 Å². The van der Waals surface area contributed by atoms with Gasteiger partial charge in [0.05, 0.1) is 5.69 Å². The van der Waals surface area contributed by atoms with E-state index in [9.17, 15) is 4.79 Å². The molecule has 0 aromatic carbocycles. The molecule has 0 aliphatic rings. The van der Waals surface area contributed by atoms with Crippen LogP contribution in [0.5, 0.6) is 0 Å². The summed E-state index contributed by atoms with van der Waals surface area (Å²) >= 11 is 1.45. The maximum absolute atomic E-state index is 11.8. The topological polar surface area (TPSA) is 59.8 Å². The van der Waals surface area contributed by atoms with Crippen molar-refractivity contribution in [2.45, 2.75) is 20.8 Å². The standard InChI is InChI=1S/C13H16N4OS/c1-8-7-14-13(19-8)15-12(18)6-5-11-9(2)16-17(4)10(11)3/h5-7H,1-4H3,(H,14,15,18). The van der Waals surface area contributed by atoms with Gasteiger partial charge in [-0.3, -0.25) is 14.8 Å². The van der Waals surface area contributed by atoms with Crippen molar-refractivity contribution < 1.29 is 4.79 Å². The number of amides is 1. The number of carbonyl (C=O) groups is 1. The molecule has 1 N–H and O–H groups in total. The van der Waals surface area contributed by atoms with Crippen LogP contribution in [0.4, 0.5) is 5.13 Å². The van der Waals surface area contributed by atoms with E-state index in [1.807, 2.05) is 27.8 Å². The van der Waals surface area contributed by atoms with Gasteiger partial charge in [-0.05, 0) is 26.8 Å². The number of aryl methyl sites for hydroxylation is 3. The van der Waals surface area contributed by atoms with E-state index in [-0.39, 0.29) is 5.91 Å². The summed E-state index contributed by atoms with van der Waals surface area (Å²) in [5, 5.41) is 7.65. The van der Waals surface area contributed by atoms with Gasteiger partial charge in [0.1, 0.15) is 0 Å². The molecule has 0 fully saturated rings. The molecule has 0 saturated heterocycles. The van der Waals surface area contributed by atoms with Gasteiger partial charge in [0, 0.05) is 35.5 Å². The first kappa shape index (κ1) is 13.5. The minimum absolute atomic E-state index is 0.183. The molecule has 0 radical (unpaired) electrons. The van der Waals surface area contributed by atoms with Crippen LogP contribution >= 0.6 is 11.3 Å². The Morgan fingerprint density at radius 1 is 1.42 bits per heavy atom. The molecular formula is C13H16N4OS. The quantitative estimate of drug-likeness (QED) is 0.876. The first-order valence-corrected chi connectivity index (χ1v) is 6.70. The third-order valence-corrected chi connectivity index (χ3v) is 3.65. The van der Waals surface area contributed by atoms with Gasteiger partial charge >= 0.3 is 0 Å². The van der Waals surface area contributed by atoms with E-state index in [4.69, 9.17) is 0 Å². The minimum atomic E-state index is -0.183. The van der Waals surface area contributed by atoms with Gasteiger partial charge < -0.3 is 0 Å². The summed E-state index contributed by atoms with van der Waals surface area (Å²) in [5.74, 6) is -0.183. The zero-order valence-electron chi connectivity index (χ0n) is 11.4. The van der Waals surface area contributed by atoms with Crippen LogP contribution < -0.4 is 5.32 Å². The lowest BCUT2D eigenvalue weighted by molar-refractivity contribution is -0.111. The summed E-state index contributed by atoms with van der Waals surface area (Å²) < 4.78 is 1.80. The van der Waals surface area contributed by atoms with Gasteiger partial charge in [0.2, 0.25) is 5.91 Å². The Bertz CT molecular complexity index is 639. The predicted molar refractivity (Wildman–Crippen MR) is 77.2 cm³/mol. The molecule has 1 amide bonds. The Hall–Kier alpha value is -1.95. The summed E-state index contributed by atoms with van der Waals surface area (Å²) in [6, 6.07) is 0. The molecule has 0 atom stereocenters. The van der Waals surface area contributed by atoms with Gasteiger partial charge in [0.25, 0.3) is 0 Å². The van der Waals surface area contributed by atoms with Crippen LogP contribution in [0.15, 0.2) is 12.3 Å². The van der Waals surface area contributed by atoms with E-state index in [0.29, 0.717) is 5.13 Å². The maximum Gasteiger partial charge on any atom is 0.250 e. The predicted octanol–water partition coefficient (Wildman–Crippen LogP) is 2.45. The number of nitrogens with zero attached hydrogens (tertiary/aromatic N) is 3. The Labute approximate surface area is 116 Å². The highest BCUT2D eigenvalue weighted by atomic mass is 32.1. The lowest BCUT2D eigenvalue weighted by Gasteiger charge is -1.96. The molecule has 0 spiro atoms. The fourth-order valence-electron chi connectivity index (χ4n) is 1.75. The zero-order chi connectivity index (χ0) is 14.0. The number of nitrogens with one attached hydrogen (secondary N) is 1. The van der Waals surface area contributed by atoms with Crippen LogP contribution in [0.1, 0.15) is 21.8 Å². The minimum Gasteiger partial charge on any atom is -0.298 e. The summed E-state index contributed by atoms with van der Waals surface area (Å²) in [7, 11) is 1.89. The summed E-state index contributed by atoms with van der Waals surface area (Å²) in [6.45, 7) is 5.85. The normalized spacial score (nSPS) is 11.2. The van der Waals surface area contributed by atoms with Gasteiger partial charge in [0.15, 0.2) is 5.13 Å². The average molecular weight is 276 g/mol. The number of aromatic nitrogens is 3. The largest absolute Gasteiger partial charge is 0.298 e. The van der Waals surface area contributed by atoms with Crippen LogP contribution in [0.3, 0.4) is 0 Å². The second-order valence-electron chi connectivity index (χ2n) is 4.31. The molecular weight excluding hydrogens is 260 g/mol.